The first kappa shape index (κ1) is 29.8. The molecule has 0 fully saturated rings. The normalized spacial score (nSPS) is 12.3. The Morgan fingerprint density at radius 3 is 2.00 bits per heavy atom. The van der Waals surface area contributed by atoms with E-state index in [9.17, 15) is 0 Å². The van der Waals surface area contributed by atoms with Gasteiger partial charge in [0.05, 0.1) is 22.2 Å². The summed E-state index contributed by atoms with van der Waals surface area (Å²) in [4.78, 5) is 10.3. The van der Waals surface area contributed by atoms with E-state index in [1.54, 1.807) is 0 Å². The maximum absolute atomic E-state index is 6.28. The van der Waals surface area contributed by atoms with Gasteiger partial charge in [0.25, 0.3) is 0 Å². The molecule has 0 aliphatic rings. The quantitative estimate of drug-likeness (QED) is 0.171. The summed E-state index contributed by atoms with van der Waals surface area (Å²) in [6.45, 7) is 0. The molecule has 3 aromatic heterocycles. The molecular weight excluding hydrogens is 683 g/mol. The standard InChI is InChI=1S/C52H29N3O/c1-2-11-36-32(10-1)28-45-50-48(36)40-14-4-3-12-37(40)41-16-9-18-44(49(41)50)55(45)35-24-22-30-26-34(21-20-31(30)27-35)52-53-43-17-7-5-15-42(43)51(54-52)33-23-25-39-38-13-6-8-19-46(38)56-47(39)29-33/h1-29H. The van der Waals surface area contributed by atoms with Crippen molar-refractivity contribution in [3.63, 3.8) is 0 Å². The second-order valence-corrected chi connectivity index (χ2v) is 14.9. The Hall–Kier alpha value is -7.56. The number of para-hydroxylation sites is 2. The lowest BCUT2D eigenvalue weighted by Crippen LogP contribution is -1.96. The van der Waals surface area contributed by atoms with Gasteiger partial charge in [-0.2, -0.15) is 0 Å². The molecule has 3 heterocycles. The van der Waals surface area contributed by atoms with Crippen LogP contribution >= 0.6 is 0 Å². The molecule has 13 rings (SSSR count). The maximum atomic E-state index is 6.28. The maximum Gasteiger partial charge on any atom is 0.160 e. The summed E-state index contributed by atoms with van der Waals surface area (Å²) >= 11 is 0. The van der Waals surface area contributed by atoms with E-state index >= 15 is 0 Å². The summed E-state index contributed by atoms with van der Waals surface area (Å²) < 4.78 is 8.74. The first-order valence-corrected chi connectivity index (χ1v) is 19.1. The van der Waals surface area contributed by atoms with Crippen molar-refractivity contribution in [3.05, 3.63) is 176 Å². The fraction of sp³-hybridized carbons (Fsp3) is 0. The van der Waals surface area contributed by atoms with Crippen molar-refractivity contribution in [2.75, 3.05) is 0 Å². The van der Waals surface area contributed by atoms with Gasteiger partial charge in [0, 0.05) is 49.1 Å². The van der Waals surface area contributed by atoms with Crippen LogP contribution in [0.2, 0.25) is 0 Å². The van der Waals surface area contributed by atoms with Crippen molar-refractivity contribution in [1.29, 1.82) is 0 Å². The highest BCUT2D eigenvalue weighted by Gasteiger charge is 2.22. The Kier molecular flexibility index (Phi) is 5.86. The van der Waals surface area contributed by atoms with Crippen molar-refractivity contribution in [1.82, 2.24) is 14.5 Å². The molecule has 4 heteroatoms. The molecule has 0 bridgehead atoms. The van der Waals surface area contributed by atoms with E-state index in [1.165, 1.54) is 54.1 Å². The SMILES string of the molecule is c1ccc2c(c1)cc1c3c2c2ccccc2c2cccc(c23)n1-c1ccc2cc(-c3nc(-c4ccc5c(c4)oc4ccccc45)c4ccccc4n3)ccc2c1. The molecule has 0 radical (unpaired) electrons. The van der Waals surface area contributed by atoms with Gasteiger partial charge in [-0.25, -0.2) is 9.97 Å². The fourth-order valence-corrected chi connectivity index (χ4v) is 9.41. The summed E-state index contributed by atoms with van der Waals surface area (Å²) in [5, 5.41) is 15.9. The average Bonchev–Trinajstić information content (AvgIpc) is 3.80. The Morgan fingerprint density at radius 1 is 0.375 bits per heavy atom. The highest BCUT2D eigenvalue weighted by molar-refractivity contribution is 6.39. The fourth-order valence-electron chi connectivity index (χ4n) is 9.41. The van der Waals surface area contributed by atoms with Crippen LogP contribution in [0.15, 0.2) is 180 Å². The number of hydrogen-bond donors (Lipinski definition) is 0. The number of aromatic nitrogens is 3. The van der Waals surface area contributed by atoms with Crippen molar-refractivity contribution in [2.24, 2.45) is 0 Å². The van der Waals surface area contributed by atoms with Crippen LogP contribution in [-0.4, -0.2) is 14.5 Å². The molecule has 56 heavy (non-hydrogen) atoms. The van der Waals surface area contributed by atoms with Crippen LogP contribution in [0.25, 0.3) is 126 Å². The molecule has 0 spiro atoms. The van der Waals surface area contributed by atoms with E-state index in [4.69, 9.17) is 14.4 Å². The molecular formula is C52H29N3O. The van der Waals surface area contributed by atoms with E-state index in [0.29, 0.717) is 5.82 Å². The molecule has 0 N–H and O–H groups in total. The van der Waals surface area contributed by atoms with Gasteiger partial charge in [0.1, 0.15) is 11.2 Å². The van der Waals surface area contributed by atoms with Crippen LogP contribution in [0, 0.1) is 0 Å². The van der Waals surface area contributed by atoms with Crippen molar-refractivity contribution < 1.29 is 4.42 Å². The van der Waals surface area contributed by atoms with Gasteiger partial charge in [-0.05, 0) is 92.3 Å². The van der Waals surface area contributed by atoms with Crippen molar-refractivity contribution in [3.8, 4) is 28.3 Å². The number of nitrogens with zero attached hydrogens (tertiary/aromatic N) is 3. The van der Waals surface area contributed by atoms with Crippen LogP contribution in [-0.2, 0) is 0 Å². The van der Waals surface area contributed by atoms with Gasteiger partial charge in [0.15, 0.2) is 5.82 Å². The molecule has 10 aromatic carbocycles. The molecule has 13 aromatic rings. The van der Waals surface area contributed by atoms with E-state index < -0.39 is 0 Å². The highest BCUT2D eigenvalue weighted by atomic mass is 16.3. The summed E-state index contributed by atoms with van der Waals surface area (Å²) in [5.74, 6) is 0.696. The lowest BCUT2D eigenvalue weighted by atomic mass is 9.91. The van der Waals surface area contributed by atoms with Gasteiger partial charge in [0.2, 0.25) is 0 Å². The smallest absolute Gasteiger partial charge is 0.160 e. The van der Waals surface area contributed by atoms with Gasteiger partial charge >= 0.3 is 0 Å². The zero-order valence-electron chi connectivity index (χ0n) is 30.0. The van der Waals surface area contributed by atoms with Gasteiger partial charge in [-0.3, -0.25) is 0 Å². The number of benzene rings is 10. The topological polar surface area (TPSA) is 43.9 Å². The number of rotatable bonds is 3. The third kappa shape index (κ3) is 4.07. The van der Waals surface area contributed by atoms with Gasteiger partial charge < -0.3 is 8.98 Å². The van der Waals surface area contributed by atoms with Crippen molar-refractivity contribution in [2.45, 2.75) is 0 Å². The van der Waals surface area contributed by atoms with E-state index in [-0.39, 0.29) is 0 Å². The second kappa shape index (κ2) is 11.0. The second-order valence-electron chi connectivity index (χ2n) is 14.9. The van der Waals surface area contributed by atoms with Gasteiger partial charge in [-0.1, -0.05) is 121 Å². The minimum atomic E-state index is 0.696. The Morgan fingerprint density at radius 2 is 1.07 bits per heavy atom. The molecule has 258 valence electrons. The third-order valence-corrected chi connectivity index (χ3v) is 11.9. The van der Waals surface area contributed by atoms with Crippen LogP contribution in [0.4, 0.5) is 0 Å². The molecule has 0 amide bonds. The van der Waals surface area contributed by atoms with Crippen LogP contribution in [0.1, 0.15) is 0 Å². The number of hydrogen-bond acceptors (Lipinski definition) is 3. The predicted molar refractivity (Wildman–Crippen MR) is 233 cm³/mol. The predicted octanol–water partition coefficient (Wildman–Crippen LogP) is 14.0. The molecule has 0 saturated carbocycles. The summed E-state index contributed by atoms with van der Waals surface area (Å²) in [5.41, 5.74) is 9.09. The van der Waals surface area contributed by atoms with Crippen molar-refractivity contribution >= 4 is 97.7 Å². The Balaban J connectivity index is 0.985. The Labute approximate surface area is 319 Å². The minimum Gasteiger partial charge on any atom is -0.456 e. The van der Waals surface area contributed by atoms with Gasteiger partial charge in [-0.15, -0.1) is 0 Å². The van der Waals surface area contributed by atoms with E-state index in [0.717, 1.165) is 66.1 Å². The number of fused-ring (bicyclic) bond motifs is 10. The molecule has 0 atom stereocenters. The van der Waals surface area contributed by atoms with Crippen LogP contribution in [0.3, 0.4) is 0 Å². The Bertz CT molecular complexity index is 3770. The van der Waals surface area contributed by atoms with Crippen LogP contribution in [0.5, 0.6) is 0 Å². The molecule has 0 saturated heterocycles. The molecule has 0 unspecified atom stereocenters. The summed E-state index contributed by atoms with van der Waals surface area (Å²) in [7, 11) is 0. The third-order valence-electron chi connectivity index (χ3n) is 11.9. The zero-order chi connectivity index (χ0) is 36.5. The first-order chi connectivity index (χ1) is 27.7. The van der Waals surface area contributed by atoms with E-state index in [2.05, 4.69) is 156 Å². The zero-order valence-corrected chi connectivity index (χ0v) is 30.0. The van der Waals surface area contributed by atoms with Crippen LogP contribution < -0.4 is 0 Å². The lowest BCUT2D eigenvalue weighted by molar-refractivity contribution is 0.669. The molecule has 0 aliphatic carbocycles. The first-order valence-electron chi connectivity index (χ1n) is 19.1. The average molecular weight is 712 g/mol. The molecule has 0 aliphatic heterocycles. The summed E-state index contributed by atoms with van der Waals surface area (Å²) in [6.07, 6.45) is 0. The molecule has 4 nitrogen and oxygen atoms in total. The lowest BCUT2D eigenvalue weighted by Gasteiger charge is -2.12. The summed E-state index contributed by atoms with van der Waals surface area (Å²) in [6, 6.07) is 63.1. The highest BCUT2D eigenvalue weighted by Crippen LogP contribution is 2.46. The number of furan rings is 1. The minimum absolute atomic E-state index is 0.696. The van der Waals surface area contributed by atoms with E-state index in [1.807, 2.05) is 24.3 Å². The largest absolute Gasteiger partial charge is 0.456 e. The monoisotopic (exact) mass is 711 g/mol.